The topological polar surface area (TPSA) is 62.5 Å². The molecule has 2 N–H and O–H groups in total. The third-order valence-corrected chi connectivity index (χ3v) is 2.59. The Kier molecular flexibility index (Phi) is 3.67. The fraction of sp³-hybridized carbons (Fsp3) is 0.214. The summed E-state index contributed by atoms with van der Waals surface area (Å²) in [5, 5.41) is 11.9. The van der Waals surface area contributed by atoms with Gasteiger partial charge in [0.25, 0.3) is 0 Å². The van der Waals surface area contributed by atoms with Gasteiger partial charge in [-0.15, -0.1) is 0 Å². The number of rotatable bonds is 5. The standard InChI is InChI=1S/C14H15NO3/c1-10(9-11-5-3-2-4-6-11)15-13-8-7-12(18-13)14(16)17/h2-8,10,15H,9H2,1H3,(H,16,17). The molecule has 0 aliphatic rings. The molecule has 4 heteroatoms. The van der Waals surface area contributed by atoms with Crippen molar-refractivity contribution in [2.75, 3.05) is 5.32 Å². The Bertz CT molecular complexity index is 519. The quantitative estimate of drug-likeness (QED) is 0.850. The van der Waals surface area contributed by atoms with Crippen LogP contribution in [0.2, 0.25) is 0 Å². The van der Waals surface area contributed by atoms with Gasteiger partial charge in [-0.05, 0) is 25.0 Å². The van der Waals surface area contributed by atoms with E-state index < -0.39 is 5.97 Å². The summed E-state index contributed by atoms with van der Waals surface area (Å²) >= 11 is 0. The van der Waals surface area contributed by atoms with Crippen LogP contribution in [0.4, 0.5) is 5.88 Å². The summed E-state index contributed by atoms with van der Waals surface area (Å²) in [5.74, 6) is -0.626. The molecule has 0 fully saturated rings. The number of anilines is 1. The third kappa shape index (κ3) is 3.13. The smallest absolute Gasteiger partial charge is 0.371 e. The van der Waals surface area contributed by atoms with Gasteiger partial charge in [-0.1, -0.05) is 30.3 Å². The zero-order valence-corrected chi connectivity index (χ0v) is 10.1. The van der Waals surface area contributed by atoms with E-state index in [0.717, 1.165) is 6.42 Å². The van der Waals surface area contributed by atoms with Gasteiger partial charge in [0.1, 0.15) is 0 Å². The number of benzene rings is 1. The molecule has 2 aromatic rings. The largest absolute Gasteiger partial charge is 0.475 e. The monoisotopic (exact) mass is 245 g/mol. The van der Waals surface area contributed by atoms with Crippen molar-refractivity contribution >= 4 is 11.9 Å². The van der Waals surface area contributed by atoms with Crippen LogP contribution in [0.1, 0.15) is 23.0 Å². The van der Waals surface area contributed by atoms with Gasteiger partial charge in [-0.3, -0.25) is 0 Å². The van der Waals surface area contributed by atoms with Crippen molar-refractivity contribution in [2.45, 2.75) is 19.4 Å². The molecular weight excluding hydrogens is 230 g/mol. The van der Waals surface area contributed by atoms with Crippen LogP contribution in [0.3, 0.4) is 0 Å². The number of furan rings is 1. The lowest BCUT2D eigenvalue weighted by Gasteiger charge is -2.12. The summed E-state index contributed by atoms with van der Waals surface area (Å²) in [6, 6.07) is 13.3. The highest BCUT2D eigenvalue weighted by Crippen LogP contribution is 2.15. The number of nitrogens with one attached hydrogen (secondary N) is 1. The van der Waals surface area contributed by atoms with Crippen LogP contribution in [0.5, 0.6) is 0 Å². The molecule has 0 bridgehead atoms. The molecule has 0 radical (unpaired) electrons. The second-order valence-electron chi connectivity index (χ2n) is 4.20. The van der Waals surface area contributed by atoms with Gasteiger partial charge >= 0.3 is 5.97 Å². The highest BCUT2D eigenvalue weighted by molar-refractivity contribution is 5.84. The fourth-order valence-corrected chi connectivity index (χ4v) is 1.79. The maximum absolute atomic E-state index is 10.7. The Morgan fingerprint density at radius 1 is 1.28 bits per heavy atom. The van der Waals surface area contributed by atoms with Gasteiger partial charge < -0.3 is 14.8 Å². The average molecular weight is 245 g/mol. The molecule has 18 heavy (non-hydrogen) atoms. The van der Waals surface area contributed by atoms with Gasteiger partial charge in [0.15, 0.2) is 5.88 Å². The van der Waals surface area contributed by atoms with Gasteiger partial charge in [0.2, 0.25) is 5.76 Å². The minimum atomic E-state index is -1.06. The summed E-state index contributed by atoms with van der Waals surface area (Å²) in [4.78, 5) is 10.7. The predicted octanol–water partition coefficient (Wildman–Crippen LogP) is 3.02. The summed E-state index contributed by atoms with van der Waals surface area (Å²) in [5.41, 5.74) is 1.22. The Hall–Kier alpha value is -2.23. The molecule has 0 saturated heterocycles. The minimum Gasteiger partial charge on any atom is -0.475 e. The molecule has 4 nitrogen and oxygen atoms in total. The van der Waals surface area contributed by atoms with Crippen molar-refractivity contribution < 1.29 is 14.3 Å². The van der Waals surface area contributed by atoms with Crippen LogP contribution in [-0.2, 0) is 6.42 Å². The normalized spacial score (nSPS) is 12.1. The molecule has 1 atom stereocenters. The maximum Gasteiger partial charge on any atom is 0.371 e. The first-order chi connectivity index (χ1) is 8.65. The van der Waals surface area contributed by atoms with Crippen molar-refractivity contribution in [1.82, 2.24) is 0 Å². The number of hydrogen-bond donors (Lipinski definition) is 2. The Morgan fingerprint density at radius 2 is 2.00 bits per heavy atom. The SMILES string of the molecule is CC(Cc1ccccc1)Nc1ccc(C(=O)O)o1. The van der Waals surface area contributed by atoms with Crippen molar-refractivity contribution in [3.8, 4) is 0 Å². The minimum absolute atomic E-state index is 0.0515. The number of carboxylic acid groups (broad SMARTS) is 1. The Labute approximate surface area is 105 Å². The van der Waals surface area contributed by atoms with Crippen molar-refractivity contribution in [3.05, 3.63) is 53.8 Å². The molecule has 0 amide bonds. The average Bonchev–Trinajstić information content (AvgIpc) is 2.78. The summed E-state index contributed by atoms with van der Waals surface area (Å²) < 4.78 is 5.14. The first-order valence-electron chi connectivity index (χ1n) is 5.79. The highest BCUT2D eigenvalue weighted by Gasteiger charge is 2.10. The van der Waals surface area contributed by atoms with Gasteiger partial charge in [0, 0.05) is 12.1 Å². The third-order valence-electron chi connectivity index (χ3n) is 2.59. The van der Waals surface area contributed by atoms with Crippen LogP contribution >= 0.6 is 0 Å². The maximum atomic E-state index is 10.7. The van der Waals surface area contributed by atoms with Crippen LogP contribution in [0, 0.1) is 0 Å². The fourth-order valence-electron chi connectivity index (χ4n) is 1.79. The molecule has 2 rings (SSSR count). The first kappa shape index (κ1) is 12.2. The van der Waals surface area contributed by atoms with E-state index in [2.05, 4.69) is 17.4 Å². The molecule has 1 unspecified atom stereocenters. The molecule has 0 spiro atoms. The lowest BCUT2D eigenvalue weighted by Crippen LogP contribution is -2.17. The van der Waals surface area contributed by atoms with E-state index in [0.29, 0.717) is 5.88 Å². The van der Waals surface area contributed by atoms with Gasteiger partial charge in [-0.25, -0.2) is 4.79 Å². The van der Waals surface area contributed by atoms with Crippen LogP contribution in [0.15, 0.2) is 46.9 Å². The Morgan fingerprint density at radius 3 is 2.61 bits per heavy atom. The van der Waals surface area contributed by atoms with E-state index in [1.807, 2.05) is 25.1 Å². The van der Waals surface area contributed by atoms with Crippen molar-refractivity contribution in [2.24, 2.45) is 0 Å². The van der Waals surface area contributed by atoms with Crippen molar-refractivity contribution in [3.63, 3.8) is 0 Å². The lowest BCUT2D eigenvalue weighted by molar-refractivity contribution is 0.0663. The molecular formula is C14H15NO3. The molecule has 0 aliphatic heterocycles. The second-order valence-corrected chi connectivity index (χ2v) is 4.20. The van der Waals surface area contributed by atoms with Crippen LogP contribution in [-0.4, -0.2) is 17.1 Å². The lowest BCUT2D eigenvalue weighted by atomic mass is 10.1. The molecule has 1 heterocycles. The van der Waals surface area contributed by atoms with Crippen LogP contribution in [0.25, 0.3) is 0 Å². The summed E-state index contributed by atoms with van der Waals surface area (Å²) in [6.07, 6.45) is 0.851. The molecule has 0 aliphatic carbocycles. The van der Waals surface area contributed by atoms with E-state index >= 15 is 0 Å². The van der Waals surface area contributed by atoms with E-state index in [-0.39, 0.29) is 11.8 Å². The van der Waals surface area contributed by atoms with Crippen molar-refractivity contribution in [1.29, 1.82) is 0 Å². The summed E-state index contributed by atoms with van der Waals surface area (Å²) in [7, 11) is 0. The second kappa shape index (κ2) is 5.40. The molecule has 94 valence electrons. The highest BCUT2D eigenvalue weighted by atomic mass is 16.4. The number of carbonyl (C=O) groups is 1. The summed E-state index contributed by atoms with van der Waals surface area (Å²) in [6.45, 7) is 2.02. The van der Waals surface area contributed by atoms with Gasteiger partial charge in [-0.2, -0.15) is 0 Å². The van der Waals surface area contributed by atoms with E-state index in [9.17, 15) is 4.79 Å². The number of aromatic carboxylic acids is 1. The van der Waals surface area contributed by atoms with E-state index in [1.165, 1.54) is 11.6 Å². The predicted molar refractivity (Wildman–Crippen MR) is 68.9 cm³/mol. The molecule has 1 aromatic carbocycles. The zero-order chi connectivity index (χ0) is 13.0. The molecule has 0 saturated carbocycles. The Balaban J connectivity index is 1.94. The number of hydrogen-bond acceptors (Lipinski definition) is 3. The zero-order valence-electron chi connectivity index (χ0n) is 10.1. The van der Waals surface area contributed by atoms with E-state index in [4.69, 9.17) is 9.52 Å². The first-order valence-corrected chi connectivity index (χ1v) is 5.79. The molecule has 1 aromatic heterocycles. The van der Waals surface area contributed by atoms with Gasteiger partial charge in [0.05, 0.1) is 0 Å². The van der Waals surface area contributed by atoms with Crippen LogP contribution < -0.4 is 5.32 Å². The number of carboxylic acids is 1. The van der Waals surface area contributed by atoms with E-state index in [1.54, 1.807) is 6.07 Å².